The summed E-state index contributed by atoms with van der Waals surface area (Å²) in [4.78, 5) is 0. The molecule has 118 valence electrons. The van der Waals surface area contributed by atoms with Crippen molar-refractivity contribution in [1.29, 1.82) is 0 Å². The molecule has 1 aliphatic carbocycles. The van der Waals surface area contributed by atoms with Gasteiger partial charge in [-0.15, -0.1) is 0 Å². The second kappa shape index (κ2) is 5.04. The second-order valence-electron chi connectivity index (χ2n) is 6.36. The van der Waals surface area contributed by atoms with Crippen molar-refractivity contribution in [1.82, 2.24) is 9.46 Å². The average molecular weight is 321 g/mol. The summed E-state index contributed by atoms with van der Waals surface area (Å²) in [6, 6.07) is 7.46. The van der Waals surface area contributed by atoms with Gasteiger partial charge in [-0.3, -0.25) is 0 Å². The minimum absolute atomic E-state index is 0.112. The largest absolute Gasteiger partial charge is 0.356 e. The number of sulfonamides is 1. The molecule has 1 aromatic heterocycles. The van der Waals surface area contributed by atoms with Crippen molar-refractivity contribution in [3.63, 3.8) is 0 Å². The summed E-state index contributed by atoms with van der Waals surface area (Å²) in [6.07, 6.45) is 2.04. The Hall–Kier alpha value is -1.44. The van der Waals surface area contributed by atoms with E-state index in [0.29, 0.717) is 36.2 Å². The van der Waals surface area contributed by atoms with Gasteiger partial charge < -0.3 is 10.3 Å². The Morgan fingerprint density at radius 2 is 2.09 bits per heavy atom. The average Bonchev–Trinajstić information content (AvgIpc) is 3.16. The summed E-state index contributed by atoms with van der Waals surface area (Å²) < 4.78 is 32.2. The highest BCUT2D eigenvalue weighted by Crippen LogP contribution is 2.38. The molecular formula is C15H19N3O3S. The first kappa shape index (κ1) is 14.2. The molecule has 1 aliphatic heterocycles. The van der Waals surface area contributed by atoms with Gasteiger partial charge >= 0.3 is 0 Å². The number of para-hydroxylation sites is 1. The van der Waals surface area contributed by atoms with E-state index in [1.165, 1.54) is 0 Å². The van der Waals surface area contributed by atoms with Crippen LogP contribution in [0.2, 0.25) is 0 Å². The van der Waals surface area contributed by atoms with Gasteiger partial charge in [-0.05, 0) is 36.8 Å². The van der Waals surface area contributed by atoms with Crippen LogP contribution in [0.3, 0.4) is 0 Å². The number of nitrogens with zero attached hydrogens (tertiary/aromatic N) is 2. The molecule has 1 saturated heterocycles. The predicted molar refractivity (Wildman–Crippen MR) is 82.4 cm³/mol. The number of nitrogens with two attached hydrogens (primary N) is 1. The Morgan fingerprint density at radius 3 is 2.91 bits per heavy atom. The zero-order valence-electron chi connectivity index (χ0n) is 12.2. The zero-order valence-corrected chi connectivity index (χ0v) is 13.0. The smallest absolute Gasteiger partial charge is 0.220 e. The molecule has 3 atom stereocenters. The Kier molecular flexibility index (Phi) is 3.25. The molecule has 2 aromatic rings. The fourth-order valence-corrected chi connectivity index (χ4v) is 5.35. The molecule has 4 rings (SSSR count). The van der Waals surface area contributed by atoms with Crippen molar-refractivity contribution in [2.45, 2.75) is 24.6 Å². The number of rotatable bonds is 3. The minimum atomic E-state index is -3.38. The number of hydrogen-bond acceptors (Lipinski definition) is 5. The number of fused-ring (bicyclic) bond motifs is 2. The third-order valence-electron chi connectivity index (χ3n) is 5.04. The molecule has 1 saturated carbocycles. The molecule has 2 N–H and O–H groups in total. The van der Waals surface area contributed by atoms with Crippen LogP contribution in [0.15, 0.2) is 28.8 Å². The van der Waals surface area contributed by atoms with Gasteiger partial charge in [0, 0.05) is 24.5 Å². The molecule has 2 fully saturated rings. The lowest BCUT2D eigenvalue weighted by Crippen LogP contribution is -2.34. The lowest BCUT2D eigenvalue weighted by Gasteiger charge is -2.17. The quantitative estimate of drug-likeness (QED) is 0.921. The Bertz CT molecular complexity index is 801. The van der Waals surface area contributed by atoms with Gasteiger partial charge in [0.1, 0.15) is 11.4 Å². The van der Waals surface area contributed by atoms with Crippen LogP contribution in [0.25, 0.3) is 11.0 Å². The van der Waals surface area contributed by atoms with Crippen molar-refractivity contribution in [2.75, 3.05) is 13.1 Å². The highest BCUT2D eigenvalue weighted by molar-refractivity contribution is 7.88. The summed E-state index contributed by atoms with van der Waals surface area (Å²) in [7, 11) is -3.38. The molecule has 7 heteroatoms. The first-order valence-electron chi connectivity index (χ1n) is 7.61. The van der Waals surface area contributed by atoms with Crippen LogP contribution < -0.4 is 5.73 Å². The summed E-state index contributed by atoms with van der Waals surface area (Å²) >= 11 is 0. The van der Waals surface area contributed by atoms with E-state index in [1.807, 2.05) is 18.2 Å². The van der Waals surface area contributed by atoms with E-state index in [4.69, 9.17) is 10.3 Å². The summed E-state index contributed by atoms with van der Waals surface area (Å²) in [6.45, 7) is 1.14. The molecule has 22 heavy (non-hydrogen) atoms. The van der Waals surface area contributed by atoms with E-state index in [1.54, 1.807) is 10.4 Å². The first-order chi connectivity index (χ1) is 10.5. The van der Waals surface area contributed by atoms with Gasteiger partial charge in [-0.1, -0.05) is 17.3 Å². The van der Waals surface area contributed by atoms with E-state index in [-0.39, 0.29) is 11.8 Å². The molecule has 0 spiro atoms. The molecule has 3 unspecified atom stereocenters. The standard InChI is InChI=1S/C15H19N3O3S/c16-13-6-5-10-7-18(8-12(10)13)22(19,20)9-14-11-3-1-2-4-15(11)21-17-14/h1-4,10,12-13H,5-9,16H2. The normalized spacial score (nSPS) is 29.2. The van der Waals surface area contributed by atoms with Crippen LogP contribution in [0, 0.1) is 11.8 Å². The number of benzene rings is 1. The van der Waals surface area contributed by atoms with Crippen LogP contribution >= 0.6 is 0 Å². The van der Waals surface area contributed by atoms with Crippen LogP contribution in [-0.2, 0) is 15.8 Å². The van der Waals surface area contributed by atoms with Gasteiger partial charge in [-0.2, -0.15) is 0 Å². The SMILES string of the molecule is NC1CCC2CN(S(=O)(=O)Cc3noc4ccccc34)CC12. The summed E-state index contributed by atoms with van der Waals surface area (Å²) in [5.41, 5.74) is 7.19. The first-order valence-corrected chi connectivity index (χ1v) is 9.22. The van der Waals surface area contributed by atoms with Crippen LogP contribution in [-0.4, -0.2) is 37.0 Å². The lowest BCUT2D eigenvalue weighted by atomic mass is 9.98. The van der Waals surface area contributed by atoms with Gasteiger partial charge in [-0.25, -0.2) is 12.7 Å². The molecule has 6 nitrogen and oxygen atoms in total. The Morgan fingerprint density at radius 1 is 1.27 bits per heavy atom. The molecule has 0 amide bonds. The van der Waals surface area contributed by atoms with Gasteiger partial charge in [0.25, 0.3) is 0 Å². The third-order valence-corrected chi connectivity index (χ3v) is 6.77. The van der Waals surface area contributed by atoms with E-state index in [9.17, 15) is 8.42 Å². The Labute approximate surface area is 129 Å². The van der Waals surface area contributed by atoms with E-state index in [0.717, 1.165) is 18.2 Å². The summed E-state index contributed by atoms with van der Waals surface area (Å²) in [5.74, 6) is 0.612. The second-order valence-corrected chi connectivity index (χ2v) is 8.33. The van der Waals surface area contributed by atoms with Crippen molar-refractivity contribution in [3.8, 4) is 0 Å². The van der Waals surface area contributed by atoms with E-state index in [2.05, 4.69) is 5.16 Å². The highest BCUT2D eigenvalue weighted by atomic mass is 32.2. The zero-order chi connectivity index (χ0) is 15.3. The molecule has 1 aromatic carbocycles. The summed E-state index contributed by atoms with van der Waals surface area (Å²) in [5, 5.41) is 4.70. The van der Waals surface area contributed by atoms with Crippen molar-refractivity contribution < 1.29 is 12.9 Å². The maximum Gasteiger partial charge on any atom is 0.220 e. The lowest BCUT2D eigenvalue weighted by molar-refractivity contribution is 0.423. The van der Waals surface area contributed by atoms with Gasteiger partial charge in [0.05, 0.1) is 0 Å². The van der Waals surface area contributed by atoms with Crippen molar-refractivity contribution in [3.05, 3.63) is 30.0 Å². The minimum Gasteiger partial charge on any atom is -0.356 e. The monoisotopic (exact) mass is 321 g/mol. The molecule has 2 aliphatic rings. The molecule has 0 radical (unpaired) electrons. The maximum atomic E-state index is 12.7. The van der Waals surface area contributed by atoms with Crippen LogP contribution in [0.4, 0.5) is 0 Å². The third kappa shape index (κ3) is 2.24. The van der Waals surface area contributed by atoms with Crippen LogP contribution in [0.5, 0.6) is 0 Å². The van der Waals surface area contributed by atoms with E-state index < -0.39 is 10.0 Å². The highest BCUT2D eigenvalue weighted by Gasteiger charge is 2.44. The van der Waals surface area contributed by atoms with E-state index >= 15 is 0 Å². The number of aromatic nitrogens is 1. The van der Waals surface area contributed by atoms with Crippen molar-refractivity contribution in [2.24, 2.45) is 17.6 Å². The molecular weight excluding hydrogens is 302 g/mol. The Balaban J connectivity index is 1.57. The number of hydrogen-bond donors (Lipinski definition) is 1. The fourth-order valence-electron chi connectivity index (χ4n) is 3.80. The molecule has 2 heterocycles. The fraction of sp³-hybridized carbons (Fsp3) is 0.533. The van der Waals surface area contributed by atoms with Gasteiger partial charge in [0.15, 0.2) is 5.58 Å². The predicted octanol–water partition coefficient (Wildman–Crippen LogP) is 1.33. The molecule has 0 bridgehead atoms. The topological polar surface area (TPSA) is 89.4 Å². The van der Waals surface area contributed by atoms with Gasteiger partial charge in [0.2, 0.25) is 10.0 Å². The maximum absolute atomic E-state index is 12.7. The van der Waals surface area contributed by atoms with Crippen molar-refractivity contribution >= 4 is 21.0 Å². The van der Waals surface area contributed by atoms with Crippen LogP contribution in [0.1, 0.15) is 18.5 Å².